The number of hydrogen-bond acceptors (Lipinski definition) is 3. The Morgan fingerprint density at radius 1 is 1.04 bits per heavy atom. The van der Waals surface area contributed by atoms with E-state index in [1.54, 1.807) is 0 Å². The van der Waals surface area contributed by atoms with Crippen molar-refractivity contribution in [1.29, 1.82) is 0 Å². The van der Waals surface area contributed by atoms with Crippen LogP contribution in [0.15, 0.2) is 30.3 Å². The molecule has 6 nitrogen and oxygen atoms in total. The van der Waals surface area contributed by atoms with E-state index < -0.39 is 0 Å². The van der Waals surface area contributed by atoms with Gasteiger partial charge in [0.15, 0.2) is 0 Å². The van der Waals surface area contributed by atoms with Gasteiger partial charge in [0.2, 0.25) is 5.91 Å². The maximum Gasteiger partial charge on any atom is 0.321 e. The first kappa shape index (κ1) is 18.7. The van der Waals surface area contributed by atoms with Crippen LogP contribution in [0.2, 0.25) is 0 Å². The highest BCUT2D eigenvalue weighted by Crippen LogP contribution is 2.18. The average molecular weight is 358 g/mol. The van der Waals surface area contributed by atoms with Gasteiger partial charge in [-0.05, 0) is 63.2 Å². The Morgan fingerprint density at radius 2 is 1.73 bits per heavy atom. The fraction of sp³-hybridized carbons (Fsp3) is 0.600. The Balaban J connectivity index is 1.34. The molecule has 2 aliphatic heterocycles. The predicted molar refractivity (Wildman–Crippen MR) is 103 cm³/mol. The van der Waals surface area contributed by atoms with Crippen LogP contribution in [0.4, 0.5) is 10.5 Å². The average Bonchev–Trinajstić information content (AvgIpc) is 2.68. The molecule has 1 aromatic carbocycles. The van der Waals surface area contributed by atoms with Crippen LogP contribution in [0, 0.1) is 5.92 Å². The van der Waals surface area contributed by atoms with Crippen molar-refractivity contribution in [2.75, 3.05) is 31.5 Å². The van der Waals surface area contributed by atoms with Gasteiger partial charge < -0.3 is 20.9 Å². The van der Waals surface area contributed by atoms with Crippen LogP contribution >= 0.6 is 0 Å². The fourth-order valence-corrected chi connectivity index (χ4v) is 3.76. The Morgan fingerprint density at radius 3 is 2.42 bits per heavy atom. The number of urea groups is 1. The lowest BCUT2D eigenvalue weighted by Crippen LogP contribution is -2.47. The van der Waals surface area contributed by atoms with Crippen LogP contribution in [-0.2, 0) is 4.79 Å². The molecule has 0 aliphatic carbocycles. The van der Waals surface area contributed by atoms with E-state index >= 15 is 0 Å². The van der Waals surface area contributed by atoms with Crippen molar-refractivity contribution in [2.45, 2.75) is 44.6 Å². The minimum atomic E-state index is -0.0631. The molecule has 1 aromatic rings. The molecule has 6 heteroatoms. The maximum absolute atomic E-state index is 12.3. The summed E-state index contributed by atoms with van der Waals surface area (Å²) in [7, 11) is 0. The number of anilines is 1. The third-order valence-corrected chi connectivity index (χ3v) is 5.41. The number of benzene rings is 1. The molecule has 0 bridgehead atoms. The lowest BCUT2D eigenvalue weighted by molar-refractivity contribution is -0.122. The summed E-state index contributed by atoms with van der Waals surface area (Å²) in [6.45, 7) is 3.52. The van der Waals surface area contributed by atoms with Crippen LogP contribution in [0.1, 0.15) is 38.5 Å². The number of piperidine rings is 2. The largest absolute Gasteiger partial charge is 0.353 e. The molecule has 3 rings (SSSR count). The number of amides is 3. The lowest BCUT2D eigenvalue weighted by atomic mass is 9.93. The normalized spacial score (nSPS) is 19.2. The molecule has 2 aliphatic rings. The second-order valence-corrected chi connectivity index (χ2v) is 7.36. The van der Waals surface area contributed by atoms with E-state index in [0.29, 0.717) is 25.4 Å². The highest BCUT2D eigenvalue weighted by atomic mass is 16.2. The van der Waals surface area contributed by atoms with Gasteiger partial charge in [-0.2, -0.15) is 0 Å². The summed E-state index contributed by atoms with van der Waals surface area (Å²) in [6.07, 6.45) is 5.62. The molecule has 2 heterocycles. The molecular formula is C20H30N4O2. The molecular weight excluding hydrogens is 328 g/mol. The number of hydrogen-bond donors (Lipinski definition) is 3. The van der Waals surface area contributed by atoms with E-state index in [-0.39, 0.29) is 18.0 Å². The van der Waals surface area contributed by atoms with Gasteiger partial charge >= 0.3 is 6.03 Å². The van der Waals surface area contributed by atoms with Gasteiger partial charge in [-0.1, -0.05) is 18.2 Å². The van der Waals surface area contributed by atoms with Gasteiger partial charge in [0, 0.05) is 31.2 Å². The van der Waals surface area contributed by atoms with Crippen LogP contribution in [0.3, 0.4) is 0 Å². The molecule has 0 aromatic heterocycles. The molecule has 0 spiro atoms. The Bertz CT molecular complexity index is 579. The molecule has 26 heavy (non-hydrogen) atoms. The summed E-state index contributed by atoms with van der Waals surface area (Å²) in [6, 6.07) is 9.63. The van der Waals surface area contributed by atoms with Crippen molar-refractivity contribution in [3.63, 3.8) is 0 Å². The van der Waals surface area contributed by atoms with Crippen LogP contribution < -0.4 is 16.0 Å². The maximum atomic E-state index is 12.3. The predicted octanol–water partition coefficient (Wildman–Crippen LogP) is 2.58. The minimum Gasteiger partial charge on any atom is -0.353 e. The topological polar surface area (TPSA) is 73.5 Å². The standard InChI is InChI=1S/C20H30N4O2/c25-19(7-6-16-8-12-21-13-9-16)22-18-10-14-24(15-11-18)20(26)23-17-4-2-1-3-5-17/h1-5,16,18,21H,6-15H2,(H,22,25)(H,23,26). The van der Waals surface area contributed by atoms with Crippen molar-refractivity contribution < 1.29 is 9.59 Å². The highest BCUT2D eigenvalue weighted by molar-refractivity contribution is 5.89. The first-order valence-electron chi connectivity index (χ1n) is 9.82. The summed E-state index contributed by atoms with van der Waals surface area (Å²) in [5.41, 5.74) is 0.811. The van der Waals surface area contributed by atoms with E-state index in [1.807, 2.05) is 35.2 Å². The van der Waals surface area contributed by atoms with Crippen molar-refractivity contribution in [2.24, 2.45) is 5.92 Å². The van der Waals surface area contributed by atoms with Gasteiger partial charge in [0.05, 0.1) is 0 Å². The van der Waals surface area contributed by atoms with Crippen molar-refractivity contribution >= 4 is 17.6 Å². The van der Waals surface area contributed by atoms with Crippen LogP contribution in [0.25, 0.3) is 0 Å². The molecule has 142 valence electrons. The van der Waals surface area contributed by atoms with E-state index in [1.165, 1.54) is 12.8 Å². The zero-order valence-corrected chi connectivity index (χ0v) is 15.4. The zero-order valence-electron chi connectivity index (χ0n) is 15.4. The highest BCUT2D eigenvalue weighted by Gasteiger charge is 2.24. The summed E-state index contributed by atoms with van der Waals surface area (Å²) < 4.78 is 0. The van der Waals surface area contributed by atoms with Crippen molar-refractivity contribution in [1.82, 2.24) is 15.5 Å². The third kappa shape index (κ3) is 5.73. The summed E-state index contributed by atoms with van der Waals surface area (Å²) in [4.78, 5) is 26.3. The van der Waals surface area contributed by atoms with E-state index in [0.717, 1.165) is 38.0 Å². The second-order valence-electron chi connectivity index (χ2n) is 7.36. The third-order valence-electron chi connectivity index (χ3n) is 5.41. The van der Waals surface area contributed by atoms with Gasteiger partial charge in [-0.15, -0.1) is 0 Å². The van der Waals surface area contributed by atoms with Crippen molar-refractivity contribution in [3.05, 3.63) is 30.3 Å². The first-order chi connectivity index (χ1) is 12.7. The fourth-order valence-electron chi connectivity index (χ4n) is 3.76. The van der Waals surface area contributed by atoms with Gasteiger partial charge in [-0.3, -0.25) is 4.79 Å². The zero-order chi connectivity index (χ0) is 18.2. The quantitative estimate of drug-likeness (QED) is 0.757. The Hall–Kier alpha value is -2.08. The van der Waals surface area contributed by atoms with E-state index in [4.69, 9.17) is 0 Å². The van der Waals surface area contributed by atoms with E-state index in [9.17, 15) is 9.59 Å². The molecule has 0 saturated carbocycles. The molecule has 0 atom stereocenters. The van der Waals surface area contributed by atoms with Crippen LogP contribution in [0.5, 0.6) is 0 Å². The van der Waals surface area contributed by atoms with E-state index in [2.05, 4.69) is 16.0 Å². The summed E-state index contributed by atoms with van der Waals surface area (Å²) in [5.74, 6) is 0.848. The molecule has 0 radical (unpaired) electrons. The molecule has 3 N–H and O–H groups in total. The first-order valence-corrected chi connectivity index (χ1v) is 9.82. The number of nitrogens with one attached hydrogen (secondary N) is 3. The van der Waals surface area contributed by atoms with Gasteiger partial charge in [-0.25, -0.2) is 4.79 Å². The smallest absolute Gasteiger partial charge is 0.321 e. The Labute approximate surface area is 155 Å². The second kappa shape index (κ2) is 9.57. The lowest BCUT2D eigenvalue weighted by Gasteiger charge is -2.32. The molecule has 3 amide bonds. The number of rotatable bonds is 5. The monoisotopic (exact) mass is 358 g/mol. The molecule has 0 unspecified atom stereocenters. The Kier molecular flexibility index (Phi) is 6.89. The number of nitrogens with zero attached hydrogens (tertiary/aromatic N) is 1. The van der Waals surface area contributed by atoms with Gasteiger partial charge in [0.1, 0.15) is 0 Å². The minimum absolute atomic E-state index is 0.0631. The van der Waals surface area contributed by atoms with Gasteiger partial charge in [0.25, 0.3) is 0 Å². The number of likely N-dealkylation sites (tertiary alicyclic amines) is 1. The molecule has 2 fully saturated rings. The summed E-state index contributed by atoms with van der Waals surface area (Å²) in [5, 5.41) is 9.43. The SMILES string of the molecule is O=C(CCC1CCNCC1)NC1CCN(C(=O)Nc2ccccc2)CC1. The van der Waals surface area contributed by atoms with Crippen LogP contribution in [-0.4, -0.2) is 49.1 Å². The molecule has 2 saturated heterocycles. The summed E-state index contributed by atoms with van der Waals surface area (Å²) >= 11 is 0. The number of para-hydroxylation sites is 1. The van der Waals surface area contributed by atoms with Crippen molar-refractivity contribution in [3.8, 4) is 0 Å². The number of carbonyl (C=O) groups is 2. The number of carbonyl (C=O) groups excluding carboxylic acids is 2.